The predicted molar refractivity (Wildman–Crippen MR) is 209 cm³/mol. The number of fused-ring (bicyclic) bond motifs is 2. The summed E-state index contributed by atoms with van der Waals surface area (Å²) in [4.78, 5) is 0. The van der Waals surface area contributed by atoms with Crippen molar-refractivity contribution in [2.75, 3.05) is 0 Å². The molecule has 4 aromatic carbocycles. The van der Waals surface area contributed by atoms with Crippen molar-refractivity contribution in [1.29, 1.82) is 0 Å². The van der Waals surface area contributed by atoms with Gasteiger partial charge in [-0.1, -0.05) is 0 Å². The first-order valence-corrected chi connectivity index (χ1v) is 33.7. The Bertz CT molecular complexity index is 1940. The van der Waals surface area contributed by atoms with Gasteiger partial charge in [0.2, 0.25) is 0 Å². The van der Waals surface area contributed by atoms with Crippen LogP contribution in [0.25, 0.3) is 34.4 Å². The SMILES string of the molecule is CC1=Cc2c(-c3ccc(C(C)(C)C)cc3)c(C)c(C)c(C)c2[CH]1[Zr]([Cl])([Cl])([CH]1C(C(C)C)=Cc2c(-c3ccccc3)cccc21)[SiH](C)C. The van der Waals surface area contributed by atoms with Crippen molar-refractivity contribution in [3.05, 3.63) is 128 Å². The van der Waals surface area contributed by atoms with Gasteiger partial charge in [0.15, 0.2) is 0 Å². The first-order valence-electron chi connectivity index (χ1n) is 17.4. The van der Waals surface area contributed by atoms with Crippen molar-refractivity contribution in [1.82, 2.24) is 0 Å². The van der Waals surface area contributed by atoms with E-state index in [1.807, 2.05) is 0 Å². The van der Waals surface area contributed by atoms with Crippen molar-refractivity contribution in [2.45, 2.75) is 88.1 Å². The molecular weight excluding hydrogens is 707 g/mol. The van der Waals surface area contributed by atoms with E-state index in [9.17, 15) is 0 Å². The Balaban J connectivity index is 1.62. The molecule has 2 unspecified atom stereocenters. The van der Waals surface area contributed by atoms with Crippen LogP contribution in [0.1, 0.15) is 93.3 Å². The van der Waals surface area contributed by atoms with Crippen molar-refractivity contribution in [3.8, 4) is 22.3 Å². The summed E-state index contributed by atoms with van der Waals surface area (Å²) in [5, 5.41) is 0. The maximum atomic E-state index is 8.72. The Hall–Kier alpha value is -1.96. The molecule has 0 heterocycles. The summed E-state index contributed by atoms with van der Waals surface area (Å²) >= 11 is -4.87. The van der Waals surface area contributed by atoms with Crippen LogP contribution in [0.4, 0.5) is 0 Å². The van der Waals surface area contributed by atoms with Gasteiger partial charge in [0.25, 0.3) is 0 Å². The maximum absolute atomic E-state index is 8.72. The van der Waals surface area contributed by atoms with Crippen LogP contribution in [-0.4, -0.2) is 5.92 Å². The van der Waals surface area contributed by atoms with E-state index >= 15 is 0 Å². The van der Waals surface area contributed by atoms with Crippen molar-refractivity contribution >= 4 is 35.1 Å². The minimum absolute atomic E-state index is 0.0758. The van der Waals surface area contributed by atoms with Crippen LogP contribution in [-0.2, 0) is 21.0 Å². The number of halogens is 2. The third kappa shape index (κ3) is 5.40. The third-order valence-corrected chi connectivity index (χ3v) is 63.6. The molecule has 0 fully saturated rings. The van der Waals surface area contributed by atoms with Gasteiger partial charge in [0.05, 0.1) is 0 Å². The van der Waals surface area contributed by atoms with Crippen LogP contribution in [0.15, 0.2) is 83.9 Å². The summed E-state index contributed by atoms with van der Waals surface area (Å²) in [7, 11) is 17.4. The Morgan fingerprint density at radius 3 is 1.89 bits per heavy atom. The van der Waals surface area contributed by atoms with E-state index in [0.717, 1.165) is 0 Å². The average Bonchev–Trinajstić information content (AvgIpc) is 3.60. The van der Waals surface area contributed by atoms with Crippen LogP contribution in [0, 0.1) is 26.7 Å². The Morgan fingerprint density at radius 1 is 0.681 bits per heavy atom. The van der Waals surface area contributed by atoms with E-state index in [0.29, 0.717) is 5.92 Å². The molecule has 4 heteroatoms. The molecule has 0 N–H and O–H groups in total. The first kappa shape index (κ1) is 34.9. The zero-order valence-electron chi connectivity index (χ0n) is 30.1. The Labute approximate surface area is 293 Å². The van der Waals surface area contributed by atoms with E-state index in [1.165, 1.54) is 77.9 Å². The van der Waals surface area contributed by atoms with E-state index in [4.69, 9.17) is 17.0 Å². The molecule has 2 aliphatic rings. The van der Waals surface area contributed by atoms with Gasteiger partial charge < -0.3 is 0 Å². The van der Waals surface area contributed by atoms with Gasteiger partial charge in [0, 0.05) is 0 Å². The molecule has 2 atom stereocenters. The number of hydrogen-bond acceptors (Lipinski definition) is 0. The normalized spacial score (nSPS) is 18.6. The fraction of sp³-hybridized carbons (Fsp3) is 0.349. The molecule has 0 saturated carbocycles. The Morgan fingerprint density at radius 2 is 1.32 bits per heavy atom. The van der Waals surface area contributed by atoms with Gasteiger partial charge in [-0.15, -0.1) is 0 Å². The molecule has 0 aromatic heterocycles. The molecule has 0 spiro atoms. The van der Waals surface area contributed by atoms with E-state index in [-0.39, 0.29) is 12.7 Å². The second-order valence-corrected chi connectivity index (χ2v) is 58.5. The van der Waals surface area contributed by atoms with Crippen LogP contribution in [0.2, 0.25) is 13.1 Å². The number of allylic oxidation sites excluding steroid dienone is 2. The zero-order valence-corrected chi connectivity index (χ0v) is 35.3. The summed E-state index contributed by atoms with van der Waals surface area (Å²) in [5.41, 5.74) is 18.9. The van der Waals surface area contributed by atoms with Gasteiger partial charge in [-0.3, -0.25) is 0 Å². The van der Waals surface area contributed by atoms with E-state index in [1.54, 1.807) is 0 Å². The standard InChI is InChI=1S/C23H27.C18H17.C2H7Si.2ClH.Zr/c1-14-12-20-16(3)15(2)17(4)22(21(20)13-14)18-8-10-19(11-9-18)23(5,6)7;1-13(2)16-11-15-9-6-10-17(18(15)12-16)14-7-4-3-5-8-14;1-3-2;;;/h8-13H,1-7H3;3-13H,1-2H3;3H,1-2H3;2*1H;/q;;;;;+2/p-2. The third-order valence-electron chi connectivity index (χ3n) is 11.7. The van der Waals surface area contributed by atoms with Crippen molar-refractivity contribution in [2.24, 2.45) is 5.92 Å². The molecule has 6 rings (SSSR count). The fourth-order valence-electron chi connectivity index (χ4n) is 8.73. The minimum atomic E-state index is -4.87. The van der Waals surface area contributed by atoms with E-state index in [2.05, 4.69) is 160 Å². The van der Waals surface area contributed by atoms with Gasteiger partial charge in [0.1, 0.15) is 0 Å². The van der Waals surface area contributed by atoms with Gasteiger partial charge in [-0.05, 0) is 0 Å². The zero-order chi connectivity index (χ0) is 34.2. The van der Waals surface area contributed by atoms with Crippen molar-refractivity contribution < 1.29 is 15.6 Å². The quantitative estimate of drug-likeness (QED) is 0.172. The Kier molecular flexibility index (Phi) is 9.00. The molecule has 0 aliphatic heterocycles. The molecule has 47 heavy (non-hydrogen) atoms. The molecule has 0 radical (unpaired) electrons. The fourth-order valence-corrected chi connectivity index (χ4v) is 41.0. The molecule has 0 bridgehead atoms. The summed E-state index contributed by atoms with van der Waals surface area (Å²) < 4.78 is 0.159. The summed E-state index contributed by atoms with van der Waals surface area (Å²) in [5.74, 6) is -1.31. The van der Waals surface area contributed by atoms with Crippen molar-refractivity contribution in [3.63, 3.8) is 0 Å². The molecule has 4 aromatic rings. The number of rotatable bonds is 6. The second-order valence-electron chi connectivity index (χ2n) is 16.0. The van der Waals surface area contributed by atoms with Crippen LogP contribution >= 0.6 is 17.0 Å². The predicted octanol–water partition coefficient (Wildman–Crippen LogP) is 13.5. The van der Waals surface area contributed by atoms with Crippen LogP contribution in [0.3, 0.4) is 0 Å². The molecular formula is C43H51Cl2SiZr. The van der Waals surface area contributed by atoms with Gasteiger partial charge >= 0.3 is 295 Å². The van der Waals surface area contributed by atoms with Gasteiger partial charge in [-0.25, -0.2) is 0 Å². The first-order chi connectivity index (χ1) is 22.0. The summed E-state index contributed by atoms with van der Waals surface area (Å²) in [6.45, 7) is 25.7. The van der Waals surface area contributed by atoms with E-state index < -0.39 is 21.5 Å². The average molecular weight is 758 g/mol. The van der Waals surface area contributed by atoms with Crippen LogP contribution < -0.4 is 0 Å². The summed E-state index contributed by atoms with van der Waals surface area (Å²) in [6, 6.07) is 26.9. The van der Waals surface area contributed by atoms with Gasteiger partial charge in [-0.2, -0.15) is 0 Å². The number of benzene rings is 4. The molecule has 245 valence electrons. The summed E-state index contributed by atoms with van der Waals surface area (Å²) in [6.07, 6.45) is 4.95. The molecule has 2 aliphatic carbocycles. The molecule has 0 amide bonds. The van der Waals surface area contributed by atoms with Crippen LogP contribution in [0.5, 0.6) is 0 Å². The number of hydrogen-bond donors (Lipinski definition) is 0. The molecule has 0 nitrogen and oxygen atoms in total. The second kappa shape index (κ2) is 12.1. The topological polar surface area (TPSA) is 0 Å². The monoisotopic (exact) mass is 755 g/mol. The molecule has 0 saturated heterocycles.